The Morgan fingerprint density at radius 1 is 1.39 bits per heavy atom. The summed E-state index contributed by atoms with van der Waals surface area (Å²) in [7, 11) is 0. The molecule has 0 aliphatic heterocycles. The molecule has 1 aliphatic carbocycles. The zero-order chi connectivity index (χ0) is 12.8. The Morgan fingerprint density at radius 2 is 2.17 bits per heavy atom. The molecule has 0 saturated heterocycles. The van der Waals surface area contributed by atoms with E-state index in [1.165, 1.54) is 25.0 Å². The van der Waals surface area contributed by atoms with Crippen molar-refractivity contribution < 1.29 is 5.11 Å². The topological polar surface area (TPSA) is 50.1 Å². The second-order valence-corrected chi connectivity index (χ2v) is 5.46. The van der Waals surface area contributed by atoms with Crippen molar-refractivity contribution in [1.82, 2.24) is 15.1 Å². The second-order valence-electron chi connectivity index (χ2n) is 5.46. The standard InChI is InChI=1S/C14H25N3O/c1-2-17-13(6-9-16-17)10-15-11-14(12-18)7-4-3-5-8-14/h6,9,15,18H,2-5,7-8,10-12H2,1H3. The van der Waals surface area contributed by atoms with Crippen LogP contribution in [0.3, 0.4) is 0 Å². The summed E-state index contributed by atoms with van der Waals surface area (Å²) in [6, 6.07) is 2.06. The molecule has 1 aliphatic rings. The number of aliphatic hydroxyl groups excluding tert-OH is 1. The third kappa shape index (κ3) is 3.12. The molecule has 0 aromatic carbocycles. The first-order chi connectivity index (χ1) is 8.79. The van der Waals surface area contributed by atoms with Crippen LogP contribution >= 0.6 is 0 Å². The average molecular weight is 251 g/mol. The van der Waals surface area contributed by atoms with Gasteiger partial charge in [-0.05, 0) is 25.8 Å². The maximum Gasteiger partial charge on any atom is 0.0521 e. The molecule has 0 spiro atoms. The number of rotatable bonds is 6. The maximum atomic E-state index is 9.64. The van der Waals surface area contributed by atoms with E-state index in [4.69, 9.17) is 0 Å². The van der Waals surface area contributed by atoms with Gasteiger partial charge in [0, 0.05) is 37.9 Å². The van der Waals surface area contributed by atoms with E-state index in [-0.39, 0.29) is 5.41 Å². The Balaban J connectivity index is 1.83. The fourth-order valence-electron chi connectivity index (χ4n) is 2.94. The lowest BCUT2D eigenvalue weighted by atomic mass is 9.74. The van der Waals surface area contributed by atoms with Gasteiger partial charge in [-0.3, -0.25) is 4.68 Å². The monoisotopic (exact) mass is 251 g/mol. The highest BCUT2D eigenvalue weighted by atomic mass is 16.3. The zero-order valence-corrected chi connectivity index (χ0v) is 11.4. The molecule has 0 atom stereocenters. The molecule has 1 aromatic heterocycles. The van der Waals surface area contributed by atoms with Crippen molar-refractivity contribution in [3.63, 3.8) is 0 Å². The Bertz CT molecular complexity index is 356. The number of nitrogens with zero attached hydrogens (tertiary/aromatic N) is 2. The predicted octanol–water partition coefficient (Wildman–Crippen LogP) is 1.94. The molecule has 102 valence electrons. The fourth-order valence-corrected chi connectivity index (χ4v) is 2.94. The van der Waals surface area contributed by atoms with E-state index in [1.54, 1.807) is 0 Å². The second kappa shape index (κ2) is 6.34. The van der Waals surface area contributed by atoms with Gasteiger partial charge in [-0.25, -0.2) is 0 Å². The van der Waals surface area contributed by atoms with Gasteiger partial charge in [0.15, 0.2) is 0 Å². The lowest BCUT2D eigenvalue weighted by Crippen LogP contribution is -2.39. The Hall–Kier alpha value is -0.870. The normalized spacial score (nSPS) is 19.0. The van der Waals surface area contributed by atoms with Gasteiger partial charge in [-0.2, -0.15) is 5.10 Å². The zero-order valence-electron chi connectivity index (χ0n) is 11.4. The first-order valence-electron chi connectivity index (χ1n) is 7.12. The average Bonchev–Trinajstić information content (AvgIpc) is 2.87. The molecular weight excluding hydrogens is 226 g/mol. The van der Waals surface area contributed by atoms with Crippen molar-refractivity contribution in [3.05, 3.63) is 18.0 Å². The summed E-state index contributed by atoms with van der Waals surface area (Å²) in [6.07, 6.45) is 8.00. The van der Waals surface area contributed by atoms with Crippen molar-refractivity contribution in [2.75, 3.05) is 13.2 Å². The lowest BCUT2D eigenvalue weighted by molar-refractivity contribution is 0.0809. The van der Waals surface area contributed by atoms with Crippen LogP contribution in [0.1, 0.15) is 44.7 Å². The molecule has 4 heteroatoms. The van der Waals surface area contributed by atoms with Gasteiger partial charge in [0.2, 0.25) is 0 Å². The molecule has 1 fully saturated rings. The first-order valence-corrected chi connectivity index (χ1v) is 7.12. The van der Waals surface area contributed by atoms with Crippen LogP contribution in [0.5, 0.6) is 0 Å². The van der Waals surface area contributed by atoms with Crippen molar-refractivity contribution in [3.8, 4) is 0 Å². The van der Waals surface area contributed by atoms with Gasteiger partial charge < -0.3 is 10.4 Å². The molecule has 0 amide bonds. The first kappa shape index (κ1) is 13.6. The highest BCUT2D eigenvalue weighted by molar-refractivity contribution is 5.00. The van der Waals surface area contributed by atoms with E-state index in [2.05, 4.69) is 23.4 Å². The van der Waals surface area contributed by atoms with E-state index in [0.29, 0.717) is 6.61 Å². The summed E-state index contributed by atoms with van der Waals surface area (Å²) >= 11 is 0. The highest BCUT2D eigenvalue weighted by Crippen LogP contribution is 2.35. The number of hydrogen-bond acceptors (Lipinski definition) is 3. The highest BCUT2D eigenvalue weighted by Gasteiger charge is 2.30. The number of aryl methyl sites for hydroxylation is 1. The van der Waals surface area contributed by atoms with E-state index < -0.39 is 0 Å². The summed E-state index contributed by atoms with van der Waals surface area (Å²) in [4.78, 5) is 0. The molecule has 1 heterocycles. The van der Waals surface area contributed by atoms with Crippen molar-refractivity contribution in [2.24, 2.45) is 5.41 Å². The van der Waals surface area contributed by atoms with E-state index >= 15 is 0 Å². The van der Waals surface area contributed by atoms with Crippen molar-refractivity contribution in [1.29, 1.82) is 0 Å². The van der Waals surface area contributed by atoms with Crippen molar-refractivity contribution in [2.45, 2.75) is 52.1 Å². The van der Waals surface area contributed by atoms with E-state index in [0.717, 1.165) is 32.5 Å². The molecule has 18 heavy (non-hydrogen) atoms. The molecule has 0 unspecified atom stereocenters. The molecule has 0 radical (unpaired) electrons. The van der Waals surface area contributed by atoms with E-state index in [1.807, 2.05) is 10.9 Å². The summed E-state index contributed by atoms with van der Waals surface area (Å²) in [5.41, 5.74) is 1.34. The van der Waals surface area contributed by atoms with Gasteiger partial charge in [-0.15, -0.1) is 0 Å². The largest absolute Gasteiger partial charge is 0.396 e. The summed E-state index contributed by atoms with van der Waals surface area (Å²) in [5, 5.41) is 17.4. The van der Waals surface area contributed by atoms with Gasteiger partial charge in [-0.1, -0.05) is 19.3 Å². The van der Waals surface area contributed by atoms with E-state index in [9.17, 15) is 5.11 Å². The minimum absolute atomic E-state index is 0.120. The lowest BCUT2D eigenvalue weighted by Gasteiger charge is -2.35. The van der Waals surface area contributed by atoms with Crippen LogP contribution in [-0.4, -0.2) is 28.0 Å². The quantitative estimate of drug-likeness (QED) is 0.812. The molecule has 1 aromatic rings. The van der Waals surface area contributed by atoms with Crippen LogP contribution in [0.25, 0.3) is 0 Å². The Kier molecular flexibility index (Phi) is 4.78. The van der Waals surface area contributed by atoms with Crippen LogP contribution in [0, 0.1) is 5.41 Å². The maximum absolute atomic E-state index is 9.64. The fraction of sp³-hybridized carbons (Fsp3) is 0.786. The number of aromatic nitrogens is 2. The molecule has 0 bridgehead atoms. The minimum Gasteiger partial charge on any atom is -0.396 e. The minimum atomic E-state index is 0.120. The molecule has 1 saturated carbocycles. The van der Waals surface area contributed by atoms with Gasteiger partial charge >= 0.3 is 0 Å². The summed E-state index contributed by atoms with van der Waals surface area (Å²) in [6.45, 7) is 5.09. The third-order valence-electron chi connectivity index (χ3n) is 4.16. The third-order valence-corrected chi connectivity index (χ3v) is 4.16. The van der Waals surface area contributed by atoms with Gasteiger partial charge in [0.25, 0.3) is 0 Å². The number of hydrogen-bond donors (Lipinski definition) is 2. The molecule has 2 rings (SSSR count). The van der Waals surface area contributed by atoms with Crippen molar-refractivity contribution >= 4 is 0 Å². The van der Waals surface area contributed by atoms with Crippen LogP contribution in [0.15, 0.2) is 12.3 Å². The number of aliphatic hydroxyl groups is 1. The smallest absolute Gasteiger partial charge is 0.0521 e. The van der Waals surface area contributed by atoms with Crippen LogP contribution in [0.2, 0.25) is 0 Å². The molecule has 2 N–H and O–H groups in total. The van der Waals surface area contributed by atoms with Crippen LogP contribution in [-0.2, 0) is 13.1 Å². The number of nitrogens with one attached hydrogen (secondary N) is 1. The predicted molar refractivity (Wildman–Crippen MR) is 72.2 cm³/mol. The van der Waals surface area contributed by atoms with Crippen LogP contribution in [0.4, 0.5) is 0 Å². The molecule has 4 nitrogen and oxygen atoms in total. The summed E-state index contributed by atoms with van der Waals surface area (Å²) < 4.78 is 2.01. The Labute approximate surface area is 109 Å². The van der Waals surface area contributed by atoms with Gasteiger partial charge in [0.05, 0.1) is 5.69 Å². The Morgan fingerprint density at radius 3 is 2.83 bits per heavy atom. The molecular formula is C14H25N3O. The van der Waals surface area contributed by atoms with Gasteiger partial charge in [0.1, 0.15) is 0 Å². The van der Waals surface area contributed by atoms with Crippen LogP contribution < -0.4 is 5.32 Å². The summed E-state index contributed by atoms with van der Waals surface area (Å²) in [5.74, 6) is 0. The SMILES string of the molecule is CCn1nccc1CNCC1(CO)CCCCC1.